The number of rotatable bonds is 6. The van der Waals surface area contributed by atoms with E-state index >= 15 is 0 Å². The highest BCUT2D eigenvalue weighted by atomic mass is 16.5. The van der Waals surface area contributed by atoms with E-state index in [1.807, 2.05) is 0 Å². The van der Waals surface area contributed by atoms with Crippen molar-refractivity contribution < 1.29 is 4.74 Å². The van der Waals surface area contributed by atoms with Gasteiger partial charge >= 0.3 is 0 Å². The van der Waals surface area contributed by atoms with E-state index in [9.17, 15) is 0 Å². The molecule has 1 aliphatic heterocycles. The normalized spacial score (nSPS) is 20.3. The van der Waals surface area contributed by atoms with Crippen molar-refractivity contribution in [1.29, 1.82) is 0 Å². The van der Waals surface area contributed by atoms with Gasteiger partial charge in [-0.3, -0.25) is 0 Å². The molecule has 0 saturated carbocycles. The van der Waals surface area contributed by atoms with Crippen LogP contribution < -0.4 is 5.73 Å². The molecule has 0 aromatic carbocycles. The Morgan fingerprint density at radius 3 is 2.80 bits per heavy atom. The first-order valence-corrected chi connectivity index (χ1v) is 6.38. The topological polar surface area (TPSA) is 35.2 Å². The van der Waals surface area contributed by atoms with Crippen LogP contribution in [-0.2, 0) is 4.74 Å². The second-order valence-corrected chi connectivity index (χ2v) is 4.43. The summed E-state index contributed by atoms with van der Waals surface area (Å²) in [6.07, 6.45) is 9.37. The number of unbranched alkanes of at least 4 members (excludes halogenated alkanes) is 1. The Morgan fingerprint density at radius 2 is 2.27 bits per heavy atom. The molecule has 15 heavy (non-hydrogen) atoms. The van der Waals surface area contributed by atoms with Crippen LogP contribution in [0.5, 0.6) is 0 Å². The Hall–Kier alpha value is -0.500. The lowest BCUT2D eigenvalue weighted by atomic mass is 9.90. The number of hydrogen-bond acceptors (Lipinski definition) is 2. The standard InChI is InChI=1S/C13H25NO/c1-3-5-8-11(4-2)13(14)12-9-6-7-10-15-12/h9,11,13H,3-8,10,14H2,1-2H3. The van der Waals surface area contributed by atoms with Gasteiger partial charge in [-0.25, -0.2) is 0 Å². The SMILES string of the molecule is CCCCC(CC)C(N)C1=CCCCO1. The molecule has 2 unspecified atom stereocenters. The molecule has 0 aliphatic carbocycles. The van der Waals surface area contributed by atoms with Crippen molar-refractivity contribution in [3.8, 4) is 0 Å². The average Bonchev–Trinajstić information content (AvgIpc) is 2.31. The minimum Gasteiger partial charge on any atom is -0.497 e. The maximum Gasteiger partial charge on any atom is 0.109 e. The molecule has 0 aromatic rings. The Balaban J connectivity index is 2.47. The molecule has 2 N–H and O–H groups in total. The van der Waals surface area contributed by atoms with Gasteiger partial charge in [0, 0.05) is 0 Å². The maximum atomic E-state index is 6.25. The van der Waals surface area contributed by atoms with Crippen molar-refractivity contribution in [3.05, 3.63) is 11.8 Å². The van der Waals surface area contributed by atoms with Crippen LogP contribution in [0.15, 0.2) is 11.8 Å². The van der Waals surface area contributed by atoms with Crippen LogP contribution in [0.4, 0.5) is 0 Å². The lowest BCUT2D eigenvalue weighted by Gasteiger charge is -2.27. The largest absolute Gasteiger partial charge is 0.497 e. The highest BCUT2D eigenvalue weighted by Gasteiger charge is 2.21. The van der Waals surface area contributed by atoms with E-state index < -0.39 is 0 Å². The fourth-order valence-electron chi connectivity index (χ4n) is 2.15. The van der Waals surface area contributed by atoms with Crippen molar-refractivity contribution in [1.82, 2.24) is 0 Å². The number of ether oxygens (including phenoxy) is 1. The van der Waals surface area contributed by atoms with Crippen LogP contribution >= 0.6 is 0 Å². The zero-order chi connectivity index (χ0) is 11.1. The smallest absolute Gasteiger partial charge is 0.109 e. The summed E-state index contributed by atoms with van der Waals surface area (Å²) in [7, 11) is 0. The quantitative estimate of drug-likeness (QED) is 0.732. The minimum atomic E-state index is 0.127. The minimum absolute atomic E-state index is 0.127. The van der Waals surface area contributed by atoms with Crippen LogP contribution in [0.1, 0.15) is 52.4 Å². The van der Waals surface area contributed by atoms with Crippen LogP contribution in [0.2, 0.25) is 0 Å². The molecular weight excluding hydrogens is 186 g/mol. The van der Waals surface area contributed by atoms with E-state index in [0.29, 0.717) is 5.92 Å². The van der Waals surface area contributed by atoms with Crippen molar-refractivity contribution in [2.24, 2.45) is 11.7 Å². The average molecular weight is 211 g/mol. The first-order chi connectivity index (χ1) is 7.29. The third-order valence-electron chi connectivity index (χ3n) is 3.25. The molecule has 0 amide bonds. The molecule has 0 radical (unpaired) electrons. The molecule has 1 heterocycles. The third kappa shape index (κ3) is 3.86. The molecule has 1 aliphatic rings. The molecule has 0 fully saturated rings. The van der Waals surface area contributed by atoms with Gasteiger partial charge in [0.2, 0.25) is 0 Å². The van der Waals surface area contributed by atoms with Crippen molar-refractivity contribution in [2.75, 3.05) is 6.61 Å². The monoisotopic (exact) mass is 211 g/mol. The second kappa shape index (κ2) is 6.89. The molecule has 0 spiro atoms. The predicted molar refractivity (Wildman–Crippen MR) is 64.6 cm³/mol. The molecule has 0 bridgehead atoms. The Labute approximate surface area is 93.9 Å². The van der Waals surface area contributed by atoms with Gasteiger partial charge in [-0.05, 0) is 31.3 Å². The second-order valence-electron chi connectivity index (χ2n) is 4.43. The van der Waals surface area contributed by atoms with Crippen molar-refractivity contribution >= 4 is 0 Å². The third-order valence-corrected chi connectivity index (χ3v) is 3.25. The molecular formula is C13H25NO. The Morgan fingerprint density at radius 1 is 1.47 bits per heavy atom. The molecule has 0 aromatic heterocycles. The highest BCUT2D eigenvalue weighted by Crippen LogP contribution is 2.23. The van der Waals surface area contributed by atoms with Gasteiger partial charge in [0.15, 0.2) is 0 Å². The van der Waals surface area contributed by atoms with Crippen LogP contribution in [-0.4, -0.2) is 12.6 Å². The summed E-state index contributed by atoms with van der Waals surface area (Å²) in [4.78, 5) is 0. The molecule has 2 nitrogen and oxygen atoms in total. The van der Waals surface area contributed by atoms with E-state index in [0.717, 1.165) is 31.6 Å². The summed E-state index contributed by atoms with van der Waals surface area (Å²) in [6, 6.07) is 0.127. The summed E-state index contributed by atoms with van der Waals surface area (Å²) in [5, 5.41) is 0. The van der Waals surface area contributed by atoms with Gasteiger partial charge in [-0.1, -0.05) is 33.1 Å². The van der Waals surface area contributed by atoms with Gasteiger partial charge in [-0.2, -0.15) is 0 Å². The predicted octanol–water partition coefficient (Wildman–Crippen LogP) is 3.22. The number of allylic oxidation sites excluding steroid dienone is 1. The van der Waals surface area contributed by atoms with Gasteiger partial charge in [0.25, 0.3) is 0 Å². The van der Waals surface area contributed by atoms with Crippen LogP contribution in [0.3, 0.4) is 0 Å². The molecule has 0 saturated heterocycles. The lowest BCUT2D eigenvalue weighted by molar-refractivity contribution is 0.158. The van der Waals surface area contributed by atoms with Crippen molar-refractivity contribution in [2.45, 2.75) is 58.4 Å². The summed E-state index contributed by atoms with van der Waals surface area (Å²) >= 11 is 0. The van der Waals surface area contributed by atoms with Crippen molar-refractivity contribution in [3.63, 3.8) is 0 Å². The summed E-state index contributed by atoms with van der Waals surface area (Å²) in [5.74, 6) is 1.64. The zero-order valence-corrected chi connectivity index (χ0v) is 10.2. The van der Waals surface area contributed by atoms with E-state index in [4.69, 9.17) is 10.5 Å². The van der Waals surface area contributed by atoms with Crippen LogP contribution in [0.25, 0.3) is 0 Å². The molecule has 1 rings (SSSR count). The number of nitrogens with two attached hydrogens (primary N) is 1. The first kappa shape index (κ1) is 12.6. The lowest BCUT2D eigenvalue weighted by Crippen LogP contribution is -2.34. The van der Waals surface area contributed by atoms with E-state index in [2.05, 4.69) is 19.9 Å². The van der Waals surface area contributed by atoms with E-state index in [1.54, 1.807) is 0 Å². The van der Waals surface area contributed by atoms with Gasteiger partial charge in [0.05, 0.1) is 12.6 Å². The van der Waals surface area contributed by atoms with E-state index in [-0.39, 0.29) is 6.04 Å². The zero-order valence-electron chi connectivity index (χ0n) is 10.2. The van der Waals surface area contributed by atoms with E-state index in [1.165, 1.54) is 19.3 Å². The summed E-state index contributed by atoms with van der Waals surface area (Å²) < 4.78 is 5.64. The fraction of sp³-hybridized carbons (Fsp3) is 0.846. The highest BCUT2D eigenvalue weighted by molar-refractivity contribution is 5.06. The first-order valence-electron chi connectivity index (χ1n) is 6.38. The molecule has 2 heteroatoms. The fourth-order valence-corrected chi connectivity index (χ4v) is 2.15. The maximum absolute atomic E-state index is 6.25. The van der Waals surface area contributed by atoms with Gasteiger partial charge in [0.1, 0.15) is 5.76 Å². The van der Waals surface area contributed by atoms with Gasteiger partial charge in [-0.15, -0.1) is 0 Å². The number of hydrogen-bond donors (Lipinski definition) is 1. The Bertz CT molecular complexity index is 201. The Kier molecular flexibility index (Phi) is 5.77. The molecule has 88 valence electrons. The summed E-state index contributed by atoms with van der Waals surface area (Å²) in [5.41, 5.74) is 6.25. The molecule has 2 atom stereocenters. The summed E-state index contributed by atoms with van der Waals surface area (Å²) in [6.45, 7) is 5.31. The van der Waals surface area contributed by atoms with Crippen LogP contribution in [0, 0.1) is 5.92 Å². The van der Waals surface area contributed by atoms with Gasteiger partial charge < -0.3 is 10.5 Å².